The van der Waals surface area contributed by atoms with E-state index in [-0.39, 0.29) is 12.5 Å². The second-order valence-corrected chi connectivity index (χ2v) is 7.37. The molecular formula is C21H22N2O3S. The molecular weight excluding hydrogens is 360 g/mol. The van der Waals surface area contributed by atoms with Crippen LogP contribution in [-0.2, 0) is 22.5 Å². The number of para-hydroxylation sites is 1. The van der Waals surface area contributed by atoms with Gasteiger partial charge in [0.15, 0.2) is 6.61 Å². The van der Waals surface area contributed by atoms with Crippen LogP contribution in [0.15, 0.2) is 41.8 Å². The minimum atomic E-state index is -0.487. The van der Waals surface area contributed by atoms with Crippen LogP contribution < -0.4 is 0 Å². The van der Waals surface area contributed by atoms with E-state index in [2.05, 4.69) is 4.98 Å². The van der Waals surface area contributed by atoms with Crippen LogP contribution in [0.2, 0.25) is 0 Å². The largest absolute Gasteiger partial charge is 0.452 e. The molecule has 0 bridgehead atoms. The summed E-state index contributed by atoms with van der Waals surface area (Å²) in [5, 5.41) is 2.72. The lowest BCUT2D eigenvalue weighted by Crippen LogP contribution is -2.30. The van der Waals surface area contributed by atoms with E-state index in [4.69, 9.17) is 4.74 Å². The quantitative estimate of drug-likeness (QED) is 0.605. The van der Waals surface area contributed by atoms with Crippen LogP contribution in [0.1, 0.15) is 33.4 Å². The smallest absolute Gasteiger partial charge is 0.339 e. The third kappa shape index (κ3) is 4.17. The number of hydrogen-bond donors (Lipinski definition) is 0. The highest BCUT2D eigenvalue weighted by Crippen LogP contribution is 2.24. The van der Waals surface area contributed by atoms with E-state index < -0.39 is 5.97 Å². The Morgan fingerprint density at radius 1 is 1.19 bits per heavy atom. The van der Waals surface area contributed by atoms with Crippen LogP contribution in [0, 0.1) is 6.92 Å². The van der Waals surface area contributed by atoms with Crippen molar-refractivity contribution < 1.29 is 14.3 Å². The van der Waals surface area contributed by atoms with E-state index >= 15 is 0 Å². The van der Waals surface area contributed by atoms with Crippen LogP contribution >= 0.6 is 11.3 Å². The Hall–Kier alpha value is -2.73. The number of ether oxygens (including phenoxy) is 1. The first kappa shape index (κ1) is 19.0. The summed E-state index contributed by atoms with van der Waals surface area (Å²) < 4.78 is 5.36. The maximum absolute atomic E-state index is 12.8. The van der Waals surface area contributed by atoms with Gasteiger partial charge in [0.05, 0.1) is 17.6 Å². The summed E-state index contributed by atoms with van der Waals surface area (Å²) in [5.41, 5.74) is 2.92. The summed E-state index contributed by atoms with van der Waals surface area (Å²) in [7, 11) is 1.71. The number of carbonyl (C=O) groups is 2. The number of pyridine rings is 1. The fraction of sp³-hybridized carbons (Fsp3) is 0.286. The van der Waals surface area contributed by atoms with Crippen molar-refractivity contribution >= 4 is 34.1 Å². The van der Waals surface area contributed by atoms with Gasteiger partial charge in [-0.25, -0.2) is 4.79 Å². The minimum Gasteiger partial charge on any atom is -0.452 e. The molecule has 6 heteroatoms. The number of hydrogen-bond acceptors (Lipinski definition) is 5. The number of likely N-dealkylation sites (N-methyl/N-ethyl adjacent to an activating group) is 1. The summed E-state index contributed by atoms with van der Waals surface area (Å²) in [6.45, 7) is 4.10. The van der Waals surface area contributed by atoms with Crippen molar-refractivity contribution in [1.82, 2.24) is 9.88 Å². The lowest BCUT2D eigenvalue weighted by molar-refractivity contribution is -0.133. The van der Waals surface area contributed by atoms with Gasteiger partial charge in [0.1, 0.15) is 0 Å². The molecule has 1 amide bonds. The Balaban J connectivity index is 1.76. The SMILES string of the molecule is CCc1nc2ccccc2c(C(=O)OCC(=O)N(C)Cc2cccs2)c1C. The zero-order chi connectivity index (χ0) is 19.4. The monoisotopic (exact) mass is 382 g/mol. The second kappa shape index (κ2) is 8.31. The van der Waals surface area contributed by atoms with E-state index in [1.165, 1.54) is 0 Å². The molecule has 0 aliphatic heterocycles. The maximum Gasteiger partial charge on any atom is 0.339 e. The van der Waals surface area contributed by atoms with Crippen molar-refractivity contribution in [1.29, 1.82) is 0 Å². The number of nitrogens with zero attached hydrogens (tertiary/aromatic N) is 2. The molecule has 0 radical (unpaired) electrons. The van der Waals surface area contributed by atoms with E-state index in [9.17, 15) is 9.59 Å². The molecule has 140 valence electrons. The summed E-state index contributed by atoms with van der Waals surface area (Å²) in [6, 6.07) is 11.4. The van der Waals surface area contributed by atoms with E-state index in [1.54, 1.807) is 23.3 Å². The fourth-order valence-corrected chi connectivity index (χ4v) is 3.76. The highest BCUT2D eigenvalue weighted by Gasteiger charge is 2.20. The van der Waals surface area contributed by atoms with Gasteiger partial charge in [-0.3, -0.25) is 9.78 Å². The predicted molar refractivity (Wildman–Crippen MR) is 107 cm³/mol. The molecule has 0 aliphatic carbocycles. The van der Waals surface area contributed by atoms with Crippen LogP contribution in [0.4, 0.5) is 0 Å². The molecule has 5 nitrogen and oxygen atoms in total. The van der Waals surface area contributed by atoms with E-state index in [0.29, 0.717) is 12.1 Å². The van der Waals surface area contributed by atoms with E-state index in [1.807, 2.05) is 55.6 Å². The summed E-state index contributed by atoms with van der Waals surface area (Å²) in [4.78, 5) is 32.4. The average Bonchev–Trinajstić information content (AvgIpc) is 3.18. The summed E-state index contributed by atoms with van der Waals surface area (Å²) in [5.74, 6) is -0.720. The maximum atomic E-state index is 12.8. The lowest BCUT2D eigenvalue weighted by atomic mass is 10.0. The molecule has 1 aromatic carbocycles. The highest BCUT2D eigenvalue weighted by atomic mass is 32.1. The molecule has 0 aliphatic rings. The number of benzene rings is 1. The van der Waals surface area contributed by atoms with Crippen LogP contribution in [-0.4, -0.2) is 35.4 Å². The molecule has 0 unspecified atom stereocenters. The molecule has 0 saturated heterocycles. The summed E-state index contributed by atoms with van der Waals surface area (Å²) >= 11 is 1.59. The standard InChI is InChI=1S/C21H22N2O3S/c1-4-17-14(2)20(16-9-5-6-10-18(16)22-17)21(25)26-13-19(24)23(3)12-15-8-7-11-27-15/h5-11H,4,12-13H2,1-3H3. The molecule has 0 spiro atoms. The molecule has 27 heavy (non-hydrogen) atoms. The zero-order valence-electron chi connectivity index (χ0n) is 15.7. The Kier molecular flexibility index (Phi) is 5.86. The van der Waals surface area contributed by atoms with E-state index in [0.717, 1.165) is 33.5 Å². The van der Waals surface area contributed by atoms with Crippen molar-refractivity contribution in [2.45, 2.75) is 26.8 Å². The molecule has 3 rings (SSSR count). The van der Waals surface area contributed by atoms with Gasteiger partial charge in [-0.15, -0.1) is 11.3 Å². The first-order chi connectivity index (χ1) is 13.0. The number of thiophene rings is 1. The van der Waals surface area contributed by atoms with Gasteiger partial charge in [0, 0.05) is 23.0 Å². The summed E-state index contributed by atoms with van der Waals surface area (Å²) in [6.07, 6.45) is 0.722. The minimum absolute atomic E-state index is 0.233. The van der Waals surface area contributed by atoms with Crippen LogP contribution in [0.25, 0.3) is 10.9 Å². The van der Waals surface area contributed by atoms with Crippen molar-refractivity contribution in [3.8, 4) is 0 Å². The van der Waals surface area contributed by atoms with Crippen molar-refractivity contribution in [3.63, 3.8) is 0 Å². The first-order valence-corrected chi connectivity index (χ1v) is 9.71. The number of aryl methyl sites for hydroxylation is 1. The number of rotatable bonds is 6. The molecule has 0 atom stereocenters. The van der Waals surface area contributed by atoms with Crippen molar-refractivity contribution in [2.75, 3.05) is 13.7 Å². The van der Waals surface area contributed by atoms with Gasteiger partial charge >= 0.3 is 5.97 Å². The van der Waals surface area contributed by atoms with Gasteiger partial charge in [0.25, 0.3) is 5.91 Å². The number of fused-ring (bicyclic) bond motifs is 1. The Morgan fingerprint density at radius 3 is 2.67 bits per heavy atom. The van der Waals surface area contributed by atoms with Gasteiger partial charge in [-0.05, 0) is 36.4 Å². The number of amides is 1. The van der Waals surface area contributed by atoms with Crippen LogP contribution in [0.3, 0.4) is 0 Å². The molecule has 2 heterocycles. The lowest BCUT2D eigenvalue weighted by Gasteiger charge is -2.17. The third-order valence-electron chi connectivity index (χ3n) is 4.50. The number of carbonyl (C=O) groups excluding carboxylic acids is 2. The molecule has 0 N–H and O–H groups in total. The Morgan fingerprint density at radius 2 is 1.96 bits per heavy atom. The zero-order valence-corrected chi connectivity index (χ0v) is 16.5. The van der Waals surface area contributed by atoms with Gasteiger partial charge in [0.2, 0.25) is 0 Å². The van der Waals surface area contributed by atoms with Gasteiger partial charge in [-0.1, -0.05) is 31.2 Å². The van der Waals surface area contributed by atoms with Crippen molar-refractivity contribution in [3.05, 3.63) is 63.5 Å². The predicted octanol–water partition coefficient (Wildman–Crippen LogP) is 3.98. The molecule has 0 saturated carbocycles. The van der Waals surface area contributed by atoms with Gasteiger partial charge in [-0.2, -0.15) is 0 Å². The topological polar surface area (TPSA) is 59.5 Å². The normalized spacial score (nSPS) is 10.8. The molecule has 0 fully saturated rings. The number of aromatic nitrogens is 1. The molecule has 3 aromatic rings. The second-order valence-electron chi connectivity index (χ2n) is 6.33. The Bertz CT molecular complexity index is 967. The van der Waals surface area contributed by atoms with Gasteiger partial charge < -0.3 is 9.64 Å². The highest BCUT2D eigenvalue weighted by molar-refractivity contribution is 7.09. The fourth-order valence-electron chi connectivity index (χ4n) is 3.00. The first-order valence-electron chi connectivity index (χ1n) is 8.83. The average molecular weight is 382 g/mol. The van der Waals surface area contributed by atoms with Crippen LogP contribution in [0.5, 0.6) is 0 Å². The number of esters is 1. The third-order valence-corrected chi connectivity index (χ3v) is 5.36. The Labute approximate surface area is 162 Å². The molecule has 2 aromatic heterocycles. The van der Waals surface area contributed by atoms with Crippen molar-refractivity contribution in [2.24, 2.45) is 0 Å².